The van der Waals surface area contributed by atoms with Crippen molar-refractivity contribution in [3.63, 3.8) is 0 Å². The molecule has 1 aromatic rings. The summed E-state index contributed by atoms with van der Waals surface area (Å²) in [5.74, 6) is 5.14. The van der Waals surface area contributed by atoms with Crippen LogP contribution in [0.4, 0.5) is 5.69 Å². The van der Waals surface area contributed by atoms with Gasteiger partial charge < -0.3 is 10.7 Å². The third-order valence-electron chi connectivity index (χ3n) is 1.63. The molecule has 0 unspecified atom stereocenters. The maximum absolute atomic E-state index is 5.96. The van der Waals surface area contributed by atoms with E-state index >= 15 is 0 Å². The maximum Gasteiger partial charge on any atom is 0.185 e. The van der Waals surface area contributed by atoms with Crippen LogP contribution in [0.1, 0.15) is 5.56 Å². The molecule has 0 aromatic heterocycles. The lowest BCUT2D eigenvalue weighted by molar-refractivity contribution is 1.04. The summed E-state index contributed by atoms with van der Waals surface area (Å²) in [6, 6.07) is 3.69. The van der Waals surface area contributed by atoms with Crippen LogP contribution in [0.3, 0.4) is 0 Å². The normalized spacial score (nSPS) is 9.71. The molecule has 0 aliphatic rings. The summed E-state index contributed by atoms with van der Waals surface area (Å²) in [4.78, 5) is 0. The molecule has 4 N–H and O–H groups in total. The number of rotatable bonds is 1. The van der Waals surface area contributed by atoms with Gasteiger partial charge in [0.05, 0.1) is 5.69 Å². The number of nitrogens with two attached hydrogens (primary N) is 1. The molecule has 0 spiro atoms. The first-order chi connectivity index (χ1) is 6.54. The standard InChI is InChI=1S/C8H9BrClN3S/c1-4-2-5(9)7(3-6(4)10)12-8(14)13-11/h2-3H,11H2,1H3,(H2,12,13,14). The molecule has 0 bridgehead atoms. The summed E-state index contributed by atoms with van der Waals surface area (Å²) >= 11 is 14.2. The summed E-state index contributed by atoms with van der Waals surface area (Å²) in [5, 5.41) is 3.91. The maximum atomic E-state index is 5.96. The molecule has 1 rings (SSSR count). The first kappa shape index (κ1) is 11.7. The molecule has 76 valence electrons. The Kier molecular flexibility index (Phi) is 4.12. The number of thiocarbonyl (C=S) groups is 1. The number of halogens is 2. The van der Waals surface area contributed by atoms with Crippen molar-refractivity contribution in [3.05, 3.63) is 27.2 Å². The zero-order valence-electron chi connectivity index (χ0n) is 7.40. The molecule has 0 heterocycles. The van der Waals surface area contributed by atoms with E-state index in [1.54, 1.807) is 6.07 Å². The first-order valence-electron chi connectivity index (χ1n) is 3.78. The summed E-state index contributed by atoms with van der Waals surface area (Å²) in [5.41, 5.74) is 4.11. The van der Waals surface area contributed by atoms with Gasteiger partial charge in [-0.2, -0.15) is 0 Å². The van der Waals surface area contributed by atoms with Crippen molar-refractivity contribution in [2.24, 2.45) is 5.84 Å². The van der Waals surface area contributed by atoms with Gasteiger partial charge in [0.2, 0.25) is 0 Å². The smallest absolute Gasteiger partial charge is 0.185 e. The number of anilines is 1. The van der Waals surface area contributed by atoms with E-state index in [9.17, 15) is 0 Å². The van der Waals surface area contributed by atoms with E-state index in [-0.39, 0.29) is 0 Å². The van der Waals surface area contributed by atoms with E-state index in [1.807, 2.05) is 13.0 Å². The van der Waals surface area contributed by atoms with Crippen molar-refractivity contribution in [2.75, 3.05) is 5.32 Å². The van der Waals surface area contributed by atoms with Crippen LogP contribution >= 0.6 is 39.7 Å². The molecule has 0 saturated heterocycles. The molecule has 0 saturated carbocycles. The fourth-order valence-electron chi connectivity index (χ4n) is 0.900. The number of hydrogen-bond acceptors (Lipinski definition) is 2. The highest BCUT2D eigenvalue weighted by molar-refractivity contribution is 9.10. The third-order valence-corrected chi connectivity index (χ3v) is 2.91. The second kappa shape index (κ2) is 4.93. The van der Waals surface area contributed by atoms with E-state index in [0.717, 1.165) is 15.7 Å². The molecule has 1 aromatic carbocycles. The zero-order chi connectivity index (χ0) is 10.7. The van der Waals surface area contributed by atoms with Crippen LogP contribution in [-0.2, 0) is 0 Å². The summed E-state index contributed by atoms with van der Waals surface area (Å²) < 4.78 is 0.886. The lowest BCUT2D eigenvalue weighted by Crippen LogP contribution is -2.34. The molecule has 6 heteroatoms. The highest BCUT2D eigenvalue weighted by Crippen LogP contribution is 2.28. The van der Waals surface area contributed by atoms with Gasteiger partial charge in [0.15, 0.2) is 5.11 Å². The van der Waals surface area contributed by atoms with Crippen LogP contribution in [0, 0.1) is 6.92 Å². The van der Waals surface area contributed by atoms with Gasteiger partial charge in [-0.15, -0.1) is 0 Å². The number of benzene rings is 1. The topological polar surface area (TPSA) is 50.1 Å². The van der Waals surface area contributed by atoms with Crippen molar-refractivity contribution in [3.8, 4) is 0 Å². The molecule has 14 heavy (non-hydrogen) atoms. The van der Waals surface area contributed by atoms with E-state index in [4.69, 9.17) is 29.7 Å². The SMILES string of the molecule is Cc1cc(Br)c(NC(=S)NN)cc1Cl. The Balaban J connectivity index is 2.98. The first-order valence-corrected chi connectivity index (χ1v) is 5.35. The molecule has 0 atom stereocenters. The number of nitrogens with one attached hydrogen (secondary N) is 2. The molecule has 0 aliphatic heterocycles. The molecule has 0 aliphatic carbocycles. The summed E-state index contributed by atoms with van der Waals surface area (Å²) in [6.07, 6.45) is 0. The Morgan fingerprint density at radius 2 is 2.21 bits per heavy atom. The van der Waals surface area contributed by atoms with E-state index < -0.39 is 0 Å². The van der Waals surface area contributed by atoms with Crippen molar-refractivity contribution < 1.29 is 0 Å². The lowest BCUT2D eigenvalue weighted by Gasteiger charge is -2.10. The Hall–Kier alpha value is -0.360. The van der Waals surface area contributed by atoms with Gasteiger partial charge in [0, 0.05) is 9.50 Å². The highest BCUT2D eigenvalue weighted by Gasteiger charge is 2.04. The summed E-state index contributed by atoms with van der Waals surface area (Å²) in [7, 11) is 0. The average molecular weight is 295 g/mol. The minimum atomic E-state index is 0.339. The second-order valence-electron chi connectivity index (χ2n) is 2.68. The monoisotopic (exact) mass is 293 g/mol. The third kappa shape index (κ3) is 2.81. The van der Waals surface area contributed by atoms with Crippen LogP contribution in [0.5, 0.6) is 0 Å². The largest absolute Gasteiger partial charge is 0.331 e. The Morgan fingerprint density at radius 1 is 1.57 bits per heavy atom. The van der Waals surface area contributed by atoms with Crippen LogP contribution < -0.4 is 16.6 Å². The van der Waals surface area contributed by atoms with Crippen molar-refractivity contribution in [2.45, 2.75) is 6.92 Å². The lowest BCUT2D eigenvalue weighted by atomic mass is 10.2. The number of hydrazine groups is 1. The minimum Gasteiger partial charge on any atom is -0.331 e. The molecule has 0 radical (unpaired) electrons. The molecule has 3 nitrogen and oxygen atoms in total. The quantitative estimate of drug-likeness (QED) is 0.423. The fourth-order valence-corrected chi connectivity index (χ4v) is 1.73. The van der Waals surface area contributed by atoms with E-state index in [0.29, 0.717) is 10.1 Å². The van der Waals surface area contributed by atoms with Gasteiger partial charge >= 0.3 is 0 Å². The van der Waals surface area contributed by atoms with Gasteiger partial charge in [-0.1, -0.05) is 11.6 Å². The predicted molar refractivity (Wildman–Crippen MR) is 67.4 cm³/mol. The van der Waals surface area contributed by atoms with Crippen molar-refractivity contribution in [1.82, 2.24) is 5.43 Å². The van der Waals surface area contributed by atoms with Gasteiger partial charge in [0.25, 0.3) is 0 Å². The van der Waals surface area contributed by atoms with E-state index in [1.165, 1.54) is 0 Å². The van der Waals surface area contributed by atoms with Gasteiger partial charge in [0.1, 0.15) is 0 Å². The Bertz CT molecular complexity index is 370. The van der Waals surface area contributed by atoms with Crippen molar-refractivity contribution >= 4 is 50.5 Å². The molecular formula is C8H9BrClN3S. The van der Waals surface area contributed by atoms with Crippen LogP contribution in [0.2, 0.25) is 5.02 Å². The summed E-state index contributed by atoms with van der Waals surface area (Å²) in [6.45, 7) is 1.93. The van der Waals surface area contributed by atoms with Crippen molar-refractivity contribution in [1.29, 1.82) is 0 Å². The highest BCUT2D eigenvalue weighted by atomic mass is 79.9. The number of hydrogen-bond donors (Lipinski definition) is 3. The predicted octanol–water partition coefficient (Wildman–Crippen LogP) is 2.57. The fraction of sp³-hybridized carbons (Fsp3) is 0.125. The Labute approximate surface area is 101 Å². The zero-order valence-corrected chi connectivity index (χ0v) is 10.6. The molecule has 0 fully saturated rings. The van der Waals surface area contributed by atoms with Gasteiger partial charge in [-0.25, -0.2) is 5.84 Å². The van der Waals surface area contributed by atoms with Crippen LogP contribution in [0.15, 0.2) is 16.6 Å². The van der Waals surface area contributed by atoms with Crippen LogP contribution in [0.25, 0.3) is 0 Å². The average Bonchev–Trinajstić information content (AvgIpc) is 2.14. The van der Waals surface area contributed by atoms with Crippen LogP contribution in [-0.4, -0.2) is 5.11 Å². The molecular weight excluding hydrogens is 286 g/mol. The van der Waals surface area contributed by atoms with E-state index in [2.05, 4.69) is 26.7 Å². The Morgan fingerprint density at radius 3 is 2.79 bits per heavy atom. The second-order valence-corrected chi connectivity index (χ2v) is 4.35. The molecule has 0 amide bonds. The minimum absolute atomic E-state index is 0.339. The number of aryl methyl sites for hydroxylation is 1. The van der Waals surface area contributed by atoms with Gasteiger partial charge in [-0.3, -0.25) is 0 Å². The van der Waals surface area contributed by atoms with Gasteiger partial charge in [-0.05, 0) is 52.8 Å².